The number of hydrogen-bond donors (Lipinski definition) is 1. The smallest absolute Gasteiger partial charge is 0.300 e. The number of aliphatic hydroxyl groups excluding tert-OH is 1. The zero-order valence-corrected chi connectivity index (χ0v) is 19.1. The summed E-state index contributed by atoms with van der Waals surface area (Å²) >= 11 is 6.34. The van der Waals surface area contributed by atoms with E-state index in [1.54, 1.807) is 60.7 Å². The van der Waals surface area contributed by atoms with Gasteiger partial charge in [-0.25, -0.2) is 0 Å². The second-order valence-electron chi connectivity index (χ2n) is 7.91. The highest BCUT2D eigenvalue weighted by Gasteiger charge is 2.48. The highest BCUT2D eigenvalue weighted by Crippen LogP contribution is 2.46. The first-order valence-corrected chi connectivity index (χ1v) is 10.9. The van der Waals surface area contributed by atoms with Crippen LogP contribution >= 0.6 is 11.6 Å². The normalized spacial score (nSPS) is 18.4. The summed E-state index contributed by atoms with van der Waals surface area (Å²) in [7, 11) is 1.51. The molecule has 34 heavy (non-hydrogen) atoms. The summed E-state index contributed by atoms with van der Waals surface area (Å²) in [5.74, 6) is -0.478. The molecule has 8 heteroatoms. The Bertz CT molecular complexity index is 1370. The molecule has 1 amide bonds. The van der Waals surface area contributed by atoms with Gasteiger partial charge in [0, 0.05) is 21.8 Å². The van der Waals surface area contributed by atoms with Gasteiger partial charge >= 0.3 is 0 Å². The Morgan fingerprint density at radius 1 is 1.06 bits per heavy atom. The van der Waals surface area contributed by atoms with Gasteiger partial charge in [-0.15, -0.1) is 0 Å². The Balaban J connectivity index is 1.74. The van der Waals surface area contributed by atoms with Crippen LogP contribution in [-0.2, 0) is 9.59 Å². The zero-order chi connectivity index (χ0) is 24.0. The topological polar surface area (TPSA) is 85.3 Å². The minimum Gasteiger partial charge on any atom is -0.507 e. The van der Waals surface area contributed by atoms with Crippen LogP contribution in [0.1, 0.15) is 22.7 Å². The second-order valence-corrected chi connectivity index (χ2v) is 8.32. The molecule has 3 aromatic carbocycles. The summed E-state index contributed by atoms with van der Waals surface area (Å²) in [6.45, 7) is 1.91. The Kier molecular flexibility index (Phi) is 5.42. The highest BCUT2D eigenvalue weighted by atomic mass is 35.5. The van der Waals surface area contributed by atoms with Crippen LogP contribution < -0.4 is 19.1 Å². The van der Waals surface area contributed by atoms with E-state index in [-0.39, 0.29) is 18.1 Å². The molecule has 0 saturated carbocycles. The van der Waals surface area contributed by atoms with Crippen molar-refractivity contribution in [3.8, 4) is 17.2 Å². The summed E-state index contributed by atoms with van der Waals surface area (Å²) in [4.78, 5) is 28.0. The van der Waals surface area contributed by atoms with Gasteiger partial charge in [0.15, 0.2) is 11.5 Å². The maximum absolute atomic E-state index is 13.3. The number of benzene rings is 3. The van der Waals surface area contributed by atoms with Crippen molar-refractivity contribution in [3.05, 3.63) is 87.9 Å². The first kappa shape index (κ1) is 21.9. The van der Waals surface area contributed by atoms with Gasteiger partial charge in [-0.2, -0.15) is 0 Å². The largest absolute Gasteiger partial charge is 0.507 e. The Morgan fingerprint density at radius 2 is 1.82 bits per heavy atom. The number of ketones is 1. The van der Waals surface area contributed by atoms with Gasteiger partial charge < -0.3 is 19.3 Å². The Labute approximate surface area is 200 Å². The Morgan fingerprint density at radius 3 is 2.59 bits per heavy atom. The molecule has 0 aliphatic carbocycles. The van der Waals surface area contributed by atoms with E-state index in [1.807, 2.05) is 6.92 Å². The van der Waals surface area contributed by atoms with Crippen LogP contribution in [0.2, 0.25) is 5.02 Å². The number of rotatable bonds is 4. The number of carbonyl (C=O) groups excluding carboxylic acids is 2. The number of para-hydroxylation sites is 1. The molecule has 2 aliphatic rings. The lowest BCUT2D eigenvalue weighted by molar-refractivity contribution is -0.132. The lowest BCUT2D eigenvalue weighted by atomic mass is 9.94. The molecular formula is C26H20ClNO6. The number of ether oxygens (including phenoxy) is 3. The molecule has 7 nitrogen and oxygen atoms in total. The summed E-state index contributed by atoms with van der Waals surface area (Å²) in [5.41, 5.74) is 2.06. The van der Waals surface area contributed by atoms with Crippen LogP contribution in [0.4, 0.5) is 5.69 Å². The fourth-order valence-electron chi connectivity index (χ4n) is 4.22. The standard InChI is InChI=1S/C26H20ClNO6/c1-14-7-9-16(12-18(14)27)28-23(17-5-3-4-6-19(17)32-2)22(25(30)26(28)31)24(29)15-8-10-20-21(11-15)34-13-33-20/h3-12,23,29H,13H2,1-2H3/b24-22+. The van der Waals surface area contributed by atoms with Crippen molar-refractivity contribution >= 4 is 34.7 Å². The maximum atomic E-state index is 13.3. The van der Waals surface area contributed by atoms with Crippen molar-refractivity contribution in [1.29, 1.82) is 0 Å². The molecule has 1 fully saturated rings. The first-order valence-electron chi connectivity index (χ1n) is 10.5. The van der Waals surface area contributed by atoms with Gasteiger partial charge in [0.05, 0.1) is 18.7 Å². The first-order chi connectivity index (χ1) is 16.4. The second kappa shape index (κ2) is 8.43. The van der Waals surface area contributed by atoms with Crippen molar-refractivity contribution in [2.24, 2.45) is 0 Å². The number of fused-ring (bicyclic) bond motifs is 1. The molecule has 0 radical (unpaired) electrons. The third-order valence-electron chi connectivity index (χ3n) is 5.96. The molecule has 0 bridgehead atoms. The number of anilines is 1. The molecule has 1 N–H and O–H groups in total. The van der Waals surface area contributed by atoms with Crippen LogP contribution in [0.5, 0.6) is 17.2 Å². The van der Waals surface area contributed by atoms with E-state index in [2.05, 4.69) is 0 Å². The van der Waals surface area contributed by atoms with E-state index in [9.17, 15) is 14.7 Å². The van der Waals surface area contributed by atoms with Gasteiger partial charge in [-0.05, 0) is 48.9 Å². The summed E-state index contributed by atoms with van der Waals surface area (Å²) in [5, 5.41) is 11.8. The number of amides is 1. The molecule has 5 rings (SSSR count). The number of aryl methyl sites for hydroxylation is 1. The van der Waals surface area contributed by atoms with Gasteiger partial charge in [-0.3, -0.25) is 14.5 Å². The lowest BCUT2D eigenvalue weighted by Gasteiger charge is -2.27. The molecule has 0 aromatic heterocycles. The van der Waals surface area contributed by atoms with Gasteiger partial charge in [-0.1, -0.05) is 35.9 Å². The van der Waals surface area contributed by atoms with Gasteiger partial charge in [0.1, 0.15) is 11.5 Å². The van der Waals surface area contributed by atoms with E-state index in [1.165, 1.54) is 12.0 Å². The minimum atomic E-state index is -0.944. The zero-order valence-electron chi connectivity index (χ0n) is 18.4. The number of hydrogen-bond acceptors (Lipinski definition) is 6. The fourth-order valence-corrected chi connectivity index (χ4v) is 4.39. The fraction of sp³-hybridized carbons (Fsp3) is 0.154. The monoisotopic (exact) mass is 477 g/mol. The number of nitrogens with zero attached hydrogens (tertiary/aromatic N) is 1. The van der Waals surface area contributed by atoms with Crippen LogP contribution in [0.3, 0.4) is 0 Å². The quantitative estimate of drug-likeness (QED) is 0.323. The molecule has 0 spiro atoms. The third-order valence-corrected chi connectivity index (χ3v) is 6.36. The Hall–Kier alpha value is -3.97. The molecule has 1 unspecified atom stereocenters. The predicted octanol–water partition coefficient (Wildman–Crippen LogP) is 5.01. The van der Waals surface area contributed by atoms with Crippen LogP contribution in [-0.4, -0.2) is 30.7 Å². The van der Waals surface area contributed by atoms with Gasteiger partial charge in [0.2, 0.25) is 6.79 Å². The molecule has 3 aromatic rings. The van der Waals surface area contributed by atoms with Crippen molar-refractivity contribution in [3.63, 3.8) is 0 Å². The molecule has 2 heterocycles. The van der Waals surface area contributed by atoms with Crippen LogP contribution in [0.15, 0.2) is 66.2 Å². The molecular weight excluding hydrogens is 458 g/mol. The highest BCUT2D eigenvalue weighted by molar-refractivity contribution is 6.52. The van der Waals surface area contributed by atoms with E-state index >= 15 is 0 Å². The number of carbonyl (C=O) groups is 2. The lowest BCUT2D eigenvalue weighted by Crippen LogP contribution is -2.29. The van der Waals surface area contributed by atoms with Crippen molar-refractivity contribution in [2.45, 2.75) is 13.0 Å². The number of aliphatic hydroxyl groups is 1. The predicted molar refractivity (Wildman–Crippen MR) is 127 cm³/mol. The van der Waals surface area contributed by atoms with Crippen LogP contribution in [0, 0.1) is 6.92 Å². The summed E-state index contributed by atoms with van der Waals surface area (Å²) < 4.78 is 16.3. The number of Topliss-reactive ketones (excluding diaryl/α,β-unsaturated/α-hetero) is 1. The summed E-state index contributed by atoms with van der Waals surface area (Å²) in [6, 6.07) is 16.1. The third kappa shape index (κ3) is 3.45. The van der Waals surface area contributed by atoms with Crippen molar-refractivity contribution in [1.82, 2.24) is 0 Å². The number of methoxy groups -OCH3 is 1. The average molecular weight is 478 g/mol. The maximum Gasteiger partial charge on any atom is 0.300 e. The molecule has 1 atom stereocenters. The molecule has 172 valence electrons. The SMILES string of the molecule is COc1ccccc1C1/C(=C(\O)c2ccc3c(c2)OCO3)C(=O)C(=O)N1c1ccc(C)c(Cl)c1. The van der Waals surface area contributed by atoms with Crippen molar-refractivity contribution < 1.29 is 28.9 Å². The average Bonchev–Trinajstić information content (AvgIpc) is 3.42. The van der Waals surface area contributed by atoms with Crippen LogP contribution in [0.25, 0.3) is 5.76 Å². The van der Waals surface area contributed by atoms with Gasteiger partial charge in [0.25, 0.3) is 11.7 Å². The number of halogens is 1. The van der Waals surface area contributed by atoms with E-state index < -0.39 is 17.7 Å². The minimum absolute atomic E-state index is 0.0648. The van der Waals surface area contributed by atoms with E-state index in [4.69, 9.17) is 25.8 Å². The molecule has 1 saturated heterocycles. The van der Waals surface area contributed by atoms with Crippen molar-refractivity contribution in [2.75, 3.05) is 18.8 Å². The van der Waals surface area contributed by atoms with E-state index in [0.717, 1.165) is 5.56 Å². The molecule has 2 aliphatic heterocycles. The van der Waals surface area contributed by atoms with E-state index in [0.29, 0.717) is 39.1 Å². The summed E-state index contributed by atoms with van der Waals surface area (Å²) in [6.07, 6.45) is 0.